The van der Waals surface area contributed by atoms with Gasteiger partial charge in [-0.25, -0.2) is 0 Å². The molecule has 3 rings (SSSR count). The predicted octanol–water partition coefficient (Wildman–Crippen LogP) is 2.73. The van der Waals surface area contributed by atoms with E-state index in [4.69, 9.17) is 0 Å². The zero-order chi connectivity index (χ0) is 9.38. The fraction of sp³-hybridized carbons (Fsp3) is 0.385. The zero-order valence-corrected chi connectivity index (χ0v) is 8.34. The van der Waals surface area contributed by atoms with Crippen LogP contribution in [0.25, 0.3) is 5.70 Å². The van der Waals surface area contributed by atoms with Gasteiger partial charge in [-0.15, -0.1) is 0 Å². The van der Waals surface area contributed by atoms with Crippen LogP contribution in [-0.4, -0.2) is 6.54 Å². The van der Waals surface area contributed by atoms with Crippen molar-refractivity contribution in [3.63, 3.8) is 0 Å². The van der Waals surface area contributed by atoms with Crippen molar-refractivity contribution in [3.8, 4) is 0 Å². The van der Waals surface area contributed by atoms with Gasteiger partial charge in [-0.3, -0.25) is 0 Å². The van der Waals surface area contributed by atoms with Crippen molar-refractivity contribution in [1.29, 1.82) is 0 Å². The maximum absolute atomic E-state index is 3.58. The average molecular weight is 185 g/mol. The third-order valence-electron chi connectivity index (χ3n) is 3.25. The second-order valence-electron chi connectivity index (χ2n) is 4.20. The quantitative estimate of drug-likeness (QED) is 0.655. The van der Waals surface area contributed by atoms with Crippen LogP contribution in [0.4, 0.5) is 0 Å². The van der Waals surface area contributed by atoms with Crippen LogP contribution in [0.3, 0.4) is 0 Å². The first-order chi connectivity index (χ1) is 6.95. The molecule has 0 amide bonds. The molecule has 1 aromatic carbocycles. The van der Waals surface area contributed by atoms with Crippen LogP contribution in [0, 0.1) is 0 Å². The molecule has 0 bridgehead atoms. The van der Waals surface area contributed by atoms with Crippen LogP contribution in [0.1, 0.15) is 30.4 Å². The molecule has 14 heavy (non-hydrogen) atoms. The smallest absolute Gasteiger partial charge is 0.0411 e. The number of allylic oxidation sites excluding steroid dienone is 1. The molecule has 1 aliphatic carbocycles. The number of fused-ring (bicyclic) bond motifs is 2. The summed E-state index contributed by atoms with van der Waals surface area (Å²) in [6, 6.07) is 8.79. The molecule has 1 heteroatoms. The van der Waals surface area contributed by atoms with Gasteiger partial charge in [0.15, 0.2) is 0 Å². The molecule has 0 spiro atoms. The molecular weight excluding hydrogens is 170 g/mol. The molecular formula is C13H15N. The van der Waals surface area contributed by atoms with Crippen LogP contribution < -0.4 is 5.32 Å². The Morgan fingerprint density at radius 3 is 3.00 bits per heavy atom. The van der Waals surface area contributed by atoms with Crippen molar-refractivity contribution >= 4 is 5.70 Å². The number of hydrogen-bond donors (Lipinski definition) is 1. The summed E-state index contributed by atoms with van der Waals surface area (Å²) >= 11 is 0. The Labute approximate surface area is 84.8 Å². The van der Waals surface area contributed by atoms with Gasteiger partial charge in [0.1, 0.15) is 0 Å². The van der Waals surface area contributed by atoms with Crippen molar-refractivity contribution in [2.24, 2.45) is 0 Å². The van der Waals surface area contributed by atoms with Crippen molar-refractivity contribution in [1.82, 2.24) is 5.32 Å². The van der Waals surface area contributed by atoms with Gasteiger partial charge < -0.3 is 5.32 Å². The molecule has 0 saturated carbocycles. The Hall–Kier alpha value is -1.24. The summed E-state index contributed by atoms with van der Waals surface area (Å²) in [5, 5.41) is 3.58. The Morgan fingerprint density at radius 1 is 1.07 bits per heavy atom. The van der Waals surface area contributed by atoms with E-state index in [0.717, 1.165) is 6.54 Å². The van der Waals surface area contributed by atoms with E-state index in [1.165, 1.54) is 42.5 Å². The van der Waals surface area contributed by atoms with E-state index < -0.39 is 0 Å². The van der Waals surface area contributed by atoms with Gasteiger partial charge in [-0.2, -0.15) is 0 Å². The summed E-state index contributed by atoms with van der Waals surface area (Å²) in [6.07, 6.45) is 5.13. The number of hydrogen-bond acceptors (Lipinski definition) is 1. The molecule has 0 fully saturated rings. The predicted molar refractivity (Wildman–Crippen MR) is 58.9 cm³/mol. The highest BCUT2D eigenvalue weighted by Crippen LogP contribution is 2.34. The average Bonchev–Trinajstić information content (AvgIpc) is 2.42. The number of rotatable bonds is 0. The van der Waals surface area contributed by atoms with Crippen molar-refractivity contribution in [2.45, 2.75) is 25.7 Å². The van der Waals surface area contributed by atoms with E-state index in [1.54, 1.807) is 5.57 Å². The minimum atomic E-state index is 1.15. The molecule has 0 unspecified atom stereocenters. The molecule has 72 valence electrons. The molecule has 1 aromatic rings. The van der Waals surface area contributed by atoms with Gasteiger partial charge in [0.05, 0.1) is 0 Å². The summed E-state index contributed by atoms with van der Waals surface area (Å²) < 4.78 is 0. The lowest BCUT2D eigenvalue weighted by Crippen LogP contribution is -2.11. The van der Waals surface area contributed by atoms with Gasteiger partial charge in [-0.1, -0.05) is 24.3 Å². The lowest BCUT2D eigenvalue weighted by molar-refractivity contribution is 0.721. The summed E-state index contributed by atoms with van der Waals surface area (Å²) in [4.78, 5) is 0. The van der Waals surface area contributed by atoms with Crippen molar-refractivity contribution < 1.29 is 0 Å². The number of benzene rings is 1. The van der Waals surface area contributed by atoms with Crippen LogP contribution in [0.2, 0.25) is 0 Å². The molecule has 0 saturated heterocycles. The second kappa shape index (κ2) is 3.16. The van der Waals surface area contributed by atoms with Gasteiger partial charge in [0, 0.05) is 17.8 Å². The maximum atomic E-state index is 3.58. The molecule has 1 heterocycles. The maximum Gasteiger partial charge on any atom is 0.0411 e. The zero-order valence-electron chi connectivity index (χ0n) is 8.34. The van der Waals surface area contributed by atoms with E-state index in [0.29, 0.717) is 0 Å². The Bertz CT molecular complexity index is 390. The Balaban J connectivity index is 2.05. The van der Waals surface area contributed by atoms with E-state index in [9.17, 15) is 0 Å². The van der Waals surface area contributed by atoms with Crippen LogP contribution >= 0.6 is 0 Å². The van der Waals surface area contributed by atoms with Gasteiger partial charge in [0.2, 0.25) is 0 Å². The van der Waals surface area contributed by atoms with Crippen LogP contribution in [0.15, 0.2) is 29.8 Å². The fourth-order valence-electron chi connectivity index (χ4n) is 2.54. The largest absolute Gasteiger partial charge is 0.385 e. The van der Waals surface area contributed by atoms with E-state index in [-0.39, 0.29) is 0 Å². The topological polar surface area (TPSA) is 12.0 Å². The third kappa shape index (κ3) is 1.16. The van der Waals surface area contributed by atoms with E-state index >= 15 is 0 Å². The van der Waals surface area contributed by atoms with Crippen molar-refractivity contribution in [3.05, 3.63) is 41.0 Å². The third-order valence-corrected chi connectivity index (χ3v) is 3.25. The summed E-state index contributed by atoms with van der Waals surface area (Å²) in [5.74, 6) is 0. The molecule has 0 atom stereocenters. The first-order valence-corrected chi connectivity index (χ1v) is 5.49. The molecule has 1 aliphatic heterocycles. The molecule has 2 aliphatic rings. The summed E-state index contributed by atoms with van der Waals surface area (Å²) in [5.41, 5.74) is 6.03. The van der Waals surface area contributed by atoms with Gasteiger partial charge in [0.25, 0.3) is 0 Å². The standard InChI is InChI=1S/C13H15N/c1-2-7-12-10(5-1)9-11-6-3-4-8-14-13(11)12/h1-2,5,7,14H,3-4,6,8-9H2. The molecule has 1 N–H and O–H groups in total. The highest BCUT2D eigenvalue weighted by atomic mass is 14.9. The lowest BCUT2D eigenvalue weighted by Gasteiger charge is -2.07. The van der Waals surface area contributed by atoms with Crippen LogP contribution in [0.5, 0.6) is 0 Å². The first-order valence-electron chi connectivity index (χ1n) is 5.49. The Morgan fingerprint density at radius 2 is 2.00 bits per heavy atom. The first kappa shape index (κ1) is 8.10. The van der Waals surface area contributed by atoms with Crippen LogP contribution in [-0.2, 0) is 6.42 Å². The molecule has 0 radical (unpaired) electrons. The molecule has 0 aromatic heterocycles. The van der Waals surface area contributed by atoms with E-state index in [1.807, 2.05) is 0 Å². The number of nitrogens with one attached hydrogen (secondary N) is 1. The minimum absolute atomic E-state index is 1.15. The second-order valence-corrected chi connectivity index (χ2v) is 4.20. The highest BCUT2D eigenvalue weighted by Gasteiger charge is 2.21. The Kier molecular flexibility index (Phi) is 1.83. The highest BCUT2D eigenvalue weighted by molar-refractivity contribution is 5.75. The van der Waals surface area contributed by atoms with E-state index in [2.05, 4.69) is 29.6 Å². The molecule has 1 nitrogen and oxygen atoms in total. The normalized spacial score (nSPS) is 19.7. The van der Waals surface area contributed by atoms with Crippen molar-refractivity contribution in [2.75, 3.05) is 6.54 Å². The summed E-state index contributed by atoms with van der Waals surface area (Å²) in [6.45, 7) is 1.15. The summed E-state index contributed by atoms with van der Waals surface area (Å²) in [7, 11) is 0. The minimum Gasteiger partial charge on any atom is -0.385 e. The van der Waals surface area contributed by atoms with Gasteiger partial charge >= 0.3 is 0 Å². The lowest BCUT2D eigenvalue weighted by atomic mass is 10.1. The monoisotopic (exact) mass is 185 g/mol. The SMILES string of the molecule is c1ccc2c(c1)CC1=C2NCCCC1. The van der Waals surface area contributed by atoms with Gasteiger partial charge in [-0.05, 0) is 36.8 Å². The fourth-order valence-corrected chi connectivity index (χ4v) is 2.54.